The van der Waals surface area contributed by atoms with Gasteiger partial charge in [0.1, 0.15) is 16.3 Å². The Bertz CT molecular complexity index is 963. The van der Waals surface area contributed by atoms with E-state index in [0.29, 0.717) is 44.3 Å². The Morgan fingerprint density at radius 3 is 2.45 bits per heavy atom. The van der Waals surface area contributed by atoms with Gasteiger partial charge in [-0.3, -0.25) is 9.69 Å². The summed E-state index contributed by atoms with van der Waals surface area (Å²) in [7, 11) is -3.63. The van der Waals surface area contributed by atoms with Crippen LogP contribution in [0.4, 0.5) is 0 Å². The van der Waals surface area contributed by atoms with Crippen molar-refractivity contribution in [2.24, 2.45) is 0 Å². The van der Waals surface area contributed by atoms with Crippen molar-refractivity contribution in [3.63, 3.8) is 0 Å². The Hall–Kier alpha value is -2.17. The largest absolute Gasteiger partial charge is 0.444 e. The topological polar surface area (TPSA) is 103 Å². The Labute approximate surface area is 170 Å². The van der Waals surface area contributed by atoms with Crippen molar-refractivity contribution in [2.75, 3.05) is 39.3 Å². The van der Waals surface area contributed by atoms with E-state index in [-0.39, 0.29) is 10.8 Å². The molecule has 2 aromatic heterocycles. The first-order valence-corrected chi connectivity index (χ1v) is 11.4. The number of aromatic amines is 1. The number of sulfonamides is 1. The van der Waals surface area contributed by atoms with Crippen LogP contribution < -0.4 is 0 Å². The molecule has 4 heterocycles. The van der Waals surface area contributed by atoms with E-state index in [9.17, 15) is 13.2 Å². The molecule has 2 aliphatic heterocycles. The second-order valence-corrected chi connectivity index (χ2v) is 9.62. The van der Waals surface area contributed by atoms with Gasteiger partial charge in [0.05, 0.1) is 12.2 Å². The molecule has 0 spiro atoms. The van der Waals surface area contributed by atoms with Crippen LogP contribution in [0.2, 0.25) is 0 Å². The molecular formula is C19H27N5O4S. The maximum Gasteiger partial charge on any atom is 0.270 e. The van der Waals surface area contributed by atoms with Crippen molar-refractivity contribution in [1.29, 1.82) is 0 Å². The highest BCUT2D eigenvalue weighted by atomic mass is 32.2. The van der Waals surface area contributed by atoms with Crippen LogP contribution in [0.25, 0.3) is 0 Å². The maximum atomic E-state index is 13.0. The molecule has 9 nitrogen and oxygen atoms in total. The molecule has 4 rings (SSSR count). The van der Waals surface area contributed by atoms with Crippen LogP contribution in [0.3, 0.4) is 0 Å². The fourth-order valence-electron chi connectivity index (χ4n) is 3.81. The number of oxazole rings is 1. The molecule has 0 aliphatic carbocycles. The molecule has 2 aromatic rings. The maximum absolute atomic E-state index is 13.0. The second-order valence-electron chi connectivity index (χ2n) is 7.68. The van der Waals surface area contributed by atoms with Gasteiger partial charge in [0, 0.05) is 45.5 Å². The van der Waals surface area contributed by atoms with Crippen LogP contribution >= 0.6 is 0 Å². The lowest BCUT2D eigenvalue weighted by Gasteiger charge is -2.33. The molecular weight excluding hydrogens is 394 g/mol. The molecule has 1 amide bonds. The van der Waals surface area contributed by atoms with E-state index >= 15 is 0 Å². The lowest BCUT2D eigenvalue weighted by Crippen LogP contribution is -2.48. The minimum absolute atomic E-state index is 0.134. The summed E-state index contributed by atoms with van der Waals surface area (Å²) in [4.78, 5) is 23.7. The van der Waals surface area contributed by atoms with Crippen LogP contribution in [0.5, 0.6) is 0 Å². The SMILES string of the molecule is Cc1nc(CN2CCN(S(=O)(=O)c3c[nH]c(C(=O)N4CCCC4)c3)CC2)oc1C. The average Bonchev–Trinajstić information content (AvgIpc) is 3.44. The van der Waals surface area contributed by atoms with E-state index in [2.05, 4.69) is 14.9 Å². The number of carbonyl (C=O) groups excluding carboxylic acids is 1. The second kappa shape index (κ2) is 7.92. The van der Waals surface area contributed by atoms with Crippen molar-refractivity contribution in [1.82, 2.24) is 24.1 Å². The predicted molar refractivity (Wildman–Crippen MR) is 106 cm³/mol. The number of hydrogen-bond acceptors (Lipinski definition) is 6. The van der Waals surface area contributed by atoms with E-state index in [0.717, 1.165) is 37.4 Å². The third-order valence-corrected chi connectivity index (χ3v) is 7.56. The third-order valence-electron chi connectivity index (χ3n) is 5.68. The van der Waals surface area contributed by atoms with Gasteiger partial charge in [-0.2, -0.15) is 4.31 Å². The van der Waals surface area contributed by atoms with Crippen LogP contribution in [-0.4, -0.2) is 77.7 Å². The van der Waals surface area contributed by atoms with Gasteiger partial charge in [-0.1, -0.05) is 0 Å². The normalized spacial score (nSPS) is 19.2. The van der Waals surface area contributed by atoms with Crippen molar-refractivity contribution >= 4 is 15.9 Å². The summed E-state index contributed by atoms with van der Waals surface area (Å²) in [5.74, 6) is 1.34. The van der Waals surface area contributed by atoms with Crippen molar-refractivity contribution in [2.45, 2.75) is 38.1 Å². The Morgan fingerprint density at radius 1 is 1.14 bits per heavy atom. The number of piperazine rings is 1. The highest BCUT2D eigenvalue weighted by Gasteiger charge is 2.31. The number of amides is 1. The third kappa shape index (κ3) is 4.10. The summed E-state index contributed by atoms with van der Waals surface area (Å²) in [6.45, 7) is 7.80. The molecule has 10 heteroatoms. The van der Waals surface area contributed by atoms with Crippen molar-refractivity contribution in [3.8, 4) is 0 Å². The Balaban J connectivity index is 1.38. The summed E-state index contributed by atoms with van der Waals surface area (Å²) in [5.41, 5.74) is 1.21. The zero-order chi connectivity index (χ0) is 20.6. The zero-order valence-corrected chi connectivity index (χ0v) is 17.7. The van der Waals surface area contributed by atoms with E-state index < -0.39 is 10.0 Å². The number of nitrogens with one attached hydrogen (secondary N) is 1. The van der Waals surface area contributed by atoms with Gasteiger partial charge in [-0.05, 0) is 32.8 Å². The molecule has 0 saturated carbocycles. The van der Waals surface area contributed by atoms with Crippen LogP contribution in [0, 0.1) is 13.8 Å². The van der Waals surface area contributed by atoms with E-state index in [1.807, 2.05) is 13.8 Å². The summed E-state index contributed by atoms with van der Waals surface area (Å²) in [5, 5.41) is 0. The number of H-pyrrole nitrogens is 1. The molecule has 0 atom stereocenters. The number of hydrogen-bond donors (Lipinski definition) is 1. The molecule has 29 heavy (non-hydrogen) atoms. The summed E-state index contributed by atoms with van der Waals surface area (Å²) in [6.07, 6.45) is 3.41. The summed E-state index contributed by atoms with van der Waals surface area (Å²) >= 11 is 0. The Morgan fingerprint density at radius 2 is 1.83 bits per heavy atom. The zero-order valence-electron chi connectivity index (χ0n) is 16.8. The first kappa shape index (κ1) is 20.1. The number of aryl methyl sites for hydroxylation is 2. The first-order chi connectivity index (χ1) is 13.8. The number of likely N-dealkylation sites (tertiary alicyclic amines) is 1. The molecule has 0 bridgehead atoms. The van der Waals surface area contributed by atoms with Crippen LogP contribution in [0.1, 0.15) is 40.7 Å². The summed E-state index contributed by atoms with van der Waals surface area (Å²) < 4.78 is 33.1. The van der Waals surface area contributed by atoms with Crippen LogP contribution in [0.15, 0.2) is 21.6 Å². The van der Waals surface area contributed by atoms with Gasteiger partial charge in [-0.25, -0.2) is 13.4 Å². The highest BCUT2D eigenvalue weighted by Crippen LogP contribution is 2.21. The molecule has 0 aromatic carbocycles. The molecule has 0 radical (unpaired) electrons. The Kier molecular flexibility index (Phi) is 5.50. The van der Waals surface area contributed by atoms with Crippen LogP contribution in [-0.2, 0) is 16.6 Å². The molecule has 2 fully saturated rings. The summed E-state index contributed by atoms with van der Waals surface area (Å²) in [6, 6.07) is 1.46. The van der Waals surface area contributed by atoms with Gasteiger partial charge in [0.25, 0.3) is 5.91 Å². The molecule has 158 valence electrons. The smallest absolute Gasteiger partial charge is 0.270 e. The van der Waals surface area contributed by atoms with Gasteiger partial charge in [0.15, 0.2) is 0 Å². The lowest BCUT2D eigenvalue weighted by molar-refractivity contribution is 0.0787. The molecule has 0 unspecified atom stereocenters. The van der Waals surface area contributed by atoms with Gasteiger partial charge in [-0.15, -0.1) is 0 Å². The average molecular weight is 422 g/mol. The predicted octanol–water partition coefficient (Wildman–Crippen LogP) is 1.36. The minimum atomic E-state index is -3.63. The van der Waals surface area contributed by atoms with E-state index in [4.69, 9.17) is 4.42 Å². The lowest BCUT2D eigenvalue weighted by atomic mass is 10.3. The molecule has 2 saturated heterocycles. The molecule has 2 aliphatic rings. The minimum Gasteiger partial charge on any atom is -0.444 e. The molecule has 1 N–H and O–H groups in total. The van der Waals surface area contributed by atoms with Crippen molar-refractivity contribution < 1.29 is 17.6 Å². The highest BCUT2D eigenvalue weighted by molar-refractivity contribution is 7.89. The van der Waals surface area contributed by atoms with E-state index in [1.54, 1.807) is 4.90 Å². The number of rotatable bonds is 5. The number of nitrogens with zero attached hydrogens (tertiary/aromatic N) is 4. The first-order valence-electron chi connectivity index (χ1n) is 9.98. The standard InChI is InChI=1S/C19H27N5O4S/c1-14-15(2)28-18(21-14)13-22-7-9-24(10-8-22)29(26,27)16-11-17(20-12-16)19(25)23-5-3-4-6-23/h11-12,20H,3-10,13H2,1-2H3. The van der Waals surface area contributed by atoms with E-state index in [1.165, 1.54) is 16.6 Å². The van der Waals surface area contributed by atoms with Gasteiger partial charge in [0.2, 0.25) is 15.9 Å². The fraction of sp³-hybridized carbons (Fsp3) is 0.579. The monoisotopic (exact) mass is 421 g/mol. The number of aromatic nitrogens is 2. The quantitative estimate of drug-likeness (QED) is 0.782. The fourth-order valence-corrected chi connectivity index (χ4v) is 5.23. The van der Waals surface area contributed by atoms with Gasteiger partial charge >= 0.3 is 0 Å². The number of carbonyl (C=O) groups is 1. The van der Waals surface area contributed by atoms with Gasteiger partial charge < -0.3 is 14.3 Å². The van der Waals surface area contributed by atoms with Crippen molar-refractivity contribution in [3.05, 3.63) is 35.3 Å².